The molecule has 28 heavy (non-hydrogen) atoms. The molecule has 0 unspecified atom stereocenters. The Balaban J connectivity index is 1.56. The average Bonchev–Trinajstić information content (AvgIpc) is 3.11. The Labute approximate surface area is 174 Å². The fraction of sp³-hybridized carbons (Fsp3) is 0.105. The minimum Gasteiger partial charge on any atom is -0.483 e. The number of anilines is 2. The van der Waals surface area contributed by atoms with Crippen LogP contribution in [0.4, 0.5) is 10.9 Å². The number of rotatable bonds is 8. The van der Waals surface area contributed by atoms with Crippen LogP contribution in [0.2, 0.25) is 0 Å². The summed E-state index contributed by atoms with van der Waals surface area (Å²) in [5.41, 5.74) is 10.1. The van der Waals surface area contributed by atoms with E-state index in [-0.39, 0.29) is 12.5 Å². The number of hydrogen-bond acceptors (Lipinski definition) is 7. The van der Waals surface area contributed by atoms with Gasteiger partial charge in [0.25, 0.3) is 5.91 Å². The third kappa shape index (κ3) is 6.07. The summed E-state index contributed by atoms with van der Waals surface area (Å²) in [6.45, 7) is 0.365. The monoisotopic (exact) mass is 459 g/mol. The Morgan fingerprint density at radius 2 is 2.11 bits per heavy atom. The molecule has 0 aliphatic heterocycles. The third-order valence-corrected chi connectivity index (χ3v) is 4.81. The first-order valence-corrected chi connectivity index (χ1v) is 10.0. The number of carbonyl (C=O) groups is 1. The van der Waals surface area contributed by atoms with E-state index in [1.165, 1.54) is 11.3 Å². The Morgan fingerprint density at radius 3 is 2.86 bits per heavy atom. The van der Waals surface area contributed by atoms with Crippen LogP contribution < -0.4 is 21.2 Å². The number of amides is 1. The van der Waals surface area contributed by atoms with Gasteiger partial charge in [-0.2, -0.15) is 5.10 Å². The normalized spacial score (nSPS) is 10.8. The van der Waals surface area contributed by atoms with Crippen LogP contribution in [0.25, 0.3) is 0 Å². The van der Waals surface area contributed by atoms with Gasteiger partial charge in [0.2, 0.25) is 5.13 Å². The Morgan fingerprint density at radius 1 is 1.29 bits per heavy atom. The molecule has 7 nitrogen and oxygen atoms in total. The smallest absolute Gasteiger partial charge is 0.258 e. The first-order valence-electron chi connectivity index (χ1n) is 8.33. The lowest BCUT2D eigenvalue weighted by Crippen LogP contribution is -2.28. The first kappa shape index (κ1) is 19.8. The van der Waals surface area contributed by atoms with Crippen LogP contribution in [-0.2, 0) is 11.3 Å². The number of hydrogen-bond donors (Lipinski definition) is 3. The van der Waals surface area contributed by atoms with Gasteiger partial charge in [-0.25, -0.2) is 4.98 Å². The summed E-state index contributed by atoms with van der Waals surface area (Å²) in [5.74, 6) is 0.781. The van der Waals surface area contributed by atoms with Crippen LogP contribution in [-0.4, -0.2) is 23.7 Å². The number of nitrogen functional groups attached to an aromatic ring is 1. The van der Waals surface area contributed by atoms with E-state index in [9.17, 15) is 4.79 Å². The Hall–Kier alpha value is -2.91. The summed E-state index contributed by atoms with van der Waals surface area (Å²) in [7, 11) is 0. The average molecular weight is 460 g/mol. The van der Waals surface area contributed by atoms with E-state index >= 15 is 0 Å². The molecule has 0 aliphatic rings. The van der Waals surface area contributed by atoms with Crippen LogP contribution in [0, 0.1) is 0 Å². The Bertz CT molecular complexity index is 962. The summed E-state index contributed by atoms with van der Waals surface area (Å²) in [4.78, 5) is 16.1. The van der Waals surface area contributed by atoms with E-state index < -0.39 is 0 Å². The van der Waals surface area contributed by atoms with E-state index in [1.807, 2.05) is 42.5 Å². The maximum Gasteiger partial charge on any atom is 0.258 e. The van der Waals surface area contributed by atoms with Gasteiger partial charge in [-0.3, -0.25) is 10.2 Å². The van der Waals surface area contributed by atoms with Crippen molar-refractivity contribution in [3.63, 3.8) is 0 Å². The molecule has 0 fully saturated rings. The second-order valence-electron chi connectivity index (χ2n) is 5.68. The number of halogens is 1. The van der Waals surface area contributed by atoms with Crippen molar-refractivity contribution in [1.29, 1.82) is 0 Å². The van der Waals surface area contributed by atoms with Gasteiger partial charge >= 0.3 is 0 Å². The van der Waals surface area contributed by atoms with Crippen molar-refractivity contribution in [3.05, 3.63) is 69.5 Å². The van der Waals surface area contributed by atoms with Gasteiger partial charge in [0.1, 0.15) is 11.6 Å². The van der Waals surface area contributed by atoms with Crippen molar-refractivity contribution in [2.45, 2.75) is 6.54 Å². The predicted octanol–water partition coefficient (Wildman–Crippen LogP) is 3.63. The number of thiazole rings is 1. The molecule has 4 N–H and O–H groups in total. The molecule has 1 aromatic heterocycles. The van der Waals surface area contributed by atoms with Crippen LogP contribution in [0.1, 0.15) is 11.1 Å². The molecule has 0 saturated heterocycles. The lowest BCUT2D eigenvalue weighted by atomic mass is 10.2. The fourth-order valence-electron chi connectivity index (χ4n) is 2.24. The van der Waals surface area contributed by atoms with Gasteiger partial charge in [-0.15, -0.1) is 11.3 Å². The van der Waals surface area contributed by atoms with Crippen LogP contribution in [0.3, 0.4) is 0 Å². The van der Waals surface area contributed by atoms with Crippen LogP contribution in [0.15, 0.2) is 63.5 Å². The lowest BCUT2D eigenvalue weighted by Gasteiger charge is -2.10. The molecule has 1 heterocycles. The molecule has 0 atom stereocenters. The SMILES string of the molecule is Nc1csc(NN=Cc2cc(Br)ccc2OCC(=O)NCc2ccccc2)n1. The van der Waals surface area contributed by atoms with Crippen molar-refractivity contribution in [1.82, 2.24) is 10.3 Å². The maximum atomic E-state index is 12.1. The van der Waals surface area contributed by atoms with E-state index in [1.54, 1.807) is 17.7 Å². The highest BCUT2D eigenvalue weighted by atomic mass is 79.9. The standard InChI is InChI=1S/C19H18BrN5O2S/c20-15-6-7-16(14(8-15)10-23-25-19-24-17(21)12-28-19)27-11-18(26)22-9-13-4-2-1-3-5-13/h1-8,10,12H,9,11,21H2,(H,22,26)(H,24,25). The highest BCUT2D eigenvalue weighted by molar-refractivity contribution is 9.10. The summed E-state index contributed by atoms with van der Waals surface area (Å²) in [6.07, 6.45) is 1.60. The zero-order chi connectivity index (χ0) is 19.8. The van der Waals surface area contributed by atoms with Crippen molar-refractivity contribution in [2.24, 2.45) is 5.10 Å². The number of aromatic nitrogens is 1. The Kier molecular flexibility index (Phi) is 6.99. The van der Waals surface area contributed by atoms with Gasteiger partial charge in [-0.1, -0.05) is 46.3 Å². The van der Waals surface area contributed by atoms with Crippen molar-refractivity contribution >= 4 is 50.3 Å². The van der Waals surface area contributed by atoms with Crippen LogP contribution >= 0.6 is 27.3 Å². The molecule has 0 saturated carbocycles. The van der Waals surface area contributed by atoms with Crippen molar-refractivity contribution < 1.29 is 9.53 Å². The molecule has 0 aliphatic carbocycles. The summed E-state index contributed by atoms with van der Waals surface area (Å²) in [5, 5.41) is 9.29. The molecule has 1 amide bonds. The predicted molar refractivity (Wildman–Crippen MR) is 116 cm³/mol. The van der Waals surface area contributed by atoms with E-state index in [2.05, 4.69) is 36.8 Å². The second kappa shape index (κ2) is 9.86. The van der Waals surface area contributed by atoms with Crippen LogP contribution in [0.5, 0.6) is 5.75 Å². The zero-order valence-corrected chi connectivity index (χ0v) is 17.2. The molecule has 0 spiro atoms. The molecule has 9 heteroatoms. The number of nitrogens with zero attached hydrogens (tertiary/aromatic N) is 2. The lowest BCUT2D eigenvalue weighted by molar-refractivity contribution is -0.123. The van der Waals surface area contributed by atoms with Gasteiger partial charge in [0.15, 0.2) is 6.61 Å². The molecule has 2 aromatic carbocycles. The zero-order valence-electron chi connectivity index (χ0n) is 14.8. The molecule has 3 aromatic rings. The molecular weight excluding hydrogens is 442 g/mol. The van der Waals surface area contributed by atoms with Gasteiger partial charge < -0.3 is 15.8 Å². The molecule has 0 radical (unpaired) electrons. The number of nitrogens with one attached hydrogen (secondary N) is 2. The van der Waals surface area contributed by atoms with Gasteiger partial charge in [0, 0.05) is 22.0 Å². The fourth-order valence-corrected chi connectivity index (χ4v) is 3.16. The van der Waals surface area contributed by atoms with Gasteiger partial charge in [0.05, 0.1) is 6.21 Å². The van der Waals surface area contributed by atoms with Crippen molar-refractivity contribution in [3.8, 4) is 5.75 Å². The van der Waals surface area contributed by atoms with Gasteiger partial charge in [-0.05, 0) is 23.8 Å². The molecule has 0 bridgehead atoms. The molecule has 3 rings (SSSR count). The van der Waals surface area contributed by atoms with E-state index in [0.717, 1.165) is 10.0 Å². The summed E-state index contributed by atoms with van der Waals surface area (Å²) in [6, 6.07) is 15.2. The summed E-state index contributed by atoms with van der Waals surface area (Å²) >= 11 is 4.78. The summed E-state index contributed by atoms with van der Waals surface area (Å²) < 4.78 is 6.53. The number of carbonyl (C=O) groups excluding carboxylic acids is 1. The second-order valence-corrected chi connectivity index (χ2v) is 7.45. The third-order valence-electron chi connectivity index (χ3n) is 3.55. The van der Waals surface area contributed by atoms with E-state index in [0.29, 0.717) is 28.8 Å². The molecular formula is C19H18BrN5O2S. The highest BCUT2D eigenvalue weighted by Gasteiger charge is 2.07. The number of hydrazone groups is 1. The number of ether oxygens (including phenoxy) is 1. The highest BCUT2D eigenvalue weighted by Crippen LogP contribution is 2.22. The quantitative estimate of drug-likeness (QED) is 0.352. The molecule has 144 valence electrons. The number of benzene rings is 2. The minimum absolute atomic E-state index is 0.0915. The number of nitrogens with two attached hydrogens (primary N) is 1. The van der Waals surface area contributed by atoms with E-state index in [4.69, 9.17) is 10.5 Å². The minimum atomic E-state index is -0.203. The van der Waals surface area contributed by atoms with Crippen molar-refractivity contribution in [2.75, 3.05) is 17.8 Å². The largest absolute Gasteiger partial charge is 0.483 e. The maximum absolute atomic E-state index is 12.1. The first-order chi connectivity index (χ1) is 13.6. The topological polar surface area (TPSA) is 102 Å².